The molecule has 150 valence electrons. The Morgan fingerprint density at radius 2 is 1.63 bits per heavy atom. The molecule has 2 amide bonds. The van der Waals surface area contributed by atoms with Crippen molar-refractivity contribution in [2.45, 2.75) is 57.4 Å². The van der Waals surface area contributed by atoms with E-state index in [4.69, 9.17) is 10.5 Å². The Labute approximate surface area is 167 Å². The van der Waals surface area contributed by atoms with Crippen molar-refractivity contribution in [3.63, 3.8) is 0 Å². The lowest BCUT2D eigenvalue weighted by molar-refractivity contribution is -0.125. The third-order valence-electron chi connectivity index (χ3n) is 5.69. The van der Waals surface area contributed by atoms with E-state index in [9.17, 15) is 9.59 Å². The Kier molecular flexibility index (Phi) is 7.78. The summed E-state index contributed by atoms with van der Waals surface area (Å²) in [6, 6.07) is 5.43. The zero-order chi connectivity index (χ0) is 18.5. The van der Waals surface area contributed by atoms with Crippen molar-refractivity contribution in [3.05, 3.63) is 18.2 Å². The van der Waals surface area contributed by atoms with Crippen molar-refractivity contribution in [1.82, 2.24) is 5.32 Å². The fourth-order valence-electron chi connectivity index (χ4n) is 4.01. The van der Waals surface area contributed by atoms with E-state index in [0.29, 0.717) is 17.1 Å². The first kappa shape index (κ1) is 21.4. The summed E-state index contributed by atoms with van der Waals surface area (Å²) in [6.07, 6.45) is 7.64. The summed E-state index contributed by atoms with van der Waals surface area (Å²) in [5.41, 5.74) is 7.05. The molecule has 2 aliphatic rings. The van der Waals surface area contributed by atoms with E-state index >= 15 is 0 Å². The molecule has 1 aromatic rings. The molecule has 0 aliphatic heterocycles. The number of hydrogen-bond acceptors (Lipinski definition) is 4. The van der Waals surface area contributed by atoms with Crippen LogP contribution in [0.2, 0.25) is 0 Å². The van der Waals surface area contributed by atoms with Gasteiger partial charge in [0, 0.05) is 23.9 Å². The number of anilines is 2. The second kappa shape index (κ2) is 9.83. The molecular weight excluding hydrogens is 366 g/mol. The van der Waals surface area contributed by atoms with Crippen LogP contribution in [-0.2, 0) is 9.59 Å². The van der Waals surface area contributed by atoms with E-state index < -0.39 is 0 Å². The Balaban J connectivity index is 0.00000261. The zero-order valence-corrected chi connectivity index (χ0v) is 16.6. The van der Waals surface area contributed by atoms with E-state index in [1.54, 1.807) is 25.3 Å². The van der Waals surface area contributed by atoms with Gasteiger partial charge >= 0.3 is 0 Å². The molecule has 4 N–H and O–H groups in total. The number of carbonyl (C=O) groups excluding carboxylic acids is 2. The van der Waals surface area contributed by atoms with E-state index in [1.807, 2.05) is 0 Å². The average Bonchev–Trinajstić information content (AvgIpc) is 3.19. The highest BCUT2D eigenvalue weighted by Crippen LogP contribution is 2.30. The SMILES string of the molecule is COc1ccc(N)c(NC(=O)C2CCC(NC(=O)C3CCCC3)CC2)c1.Cl. The van der Waals surface area contributed by atoms with Gasteiger partial charge < -0.3 is 21.1 Å². The third-order valence-corrected chi connectivity index (χ3v) is 5.69. The summed E-state index contributed by atoms with van der Waals surface area (Å²) in [5.74, 6) is 1.02. The first-order chi connectivity index (χ1) is 12.6. The minimum absolute atomic E-state index is 0. The number of ether oxygens (including phenoxy) is 1. The standard InChI is InChI=1S/C20H29N3O3.ClH/c1-26-16-10-11-17(21)18(12-16)23-20(25)14-6-8-15(9-7-14)22-19(24)13-4-2-3-5-13;/h10-15H,2-9,21H2,1H3,(H,22,24)(H,23,25);1H. The maximum atomic E-state index is 12.6. The van der Waals surface area contributed by atoms with E-state index in [-0.39, 0.29) is 42.1 Å². The monoisotopic (exact) mass is 395 g/mol. The van der Waals surface area contributed by atoms with Crippen LogP contribution in [0.5, 0.6) is 5.75 Å². The van der Waals surface area contributed by atoms with Crippen LogP contribution in [0.1, 0.15) is 51.4 Å². The lowest BCUT2D eigenvalue weighted by Crippen LogP contribution is -2.41. The summed E-state index contributed by atoms with van der Waals surface area (Å²) in [7, 11) is 1.58. The summed E-state index contributed by atoms with van der Waals surface area (Å²) in [6.45, 7) is 0. The van der Waals surface area contributed by atoms with Gasteiger partial charge in [-0.1, -0.05) is 12.8 Å². The van der Waals surface area contributed by atoms with E-state index in [1.165, 1.54) is 12.8 Å². The topological polar surface area (TPSA) is 93.4 Å². The third kappa shape index (κ3) is 5.51. The van der Waals surface area contributed by atoms with Gasteiger partial charge in [0.2, 0.25) is 11.8 Å². The number of hydrogen-bond donors (Lipinski definition) is 3. The lowest BCUT2D eigenvalue weighted by atomic mass is 9.85. The summed E-state index contributed by atoms with van der Waals surface area (Å²) < 4.78 is 5.18. The molecule has 6 nitrogen and oxygen atoms in total. The predicted molar refractivity (Wildman–Crippen MR) is 109 cm³/mol. The van der Waals surface area contributed by atoms with Crippen molar-refractivity contribution >= 4 is 35.6 Å². The molecular formula is C20H30ClN3O3. The molecule has 0 spiro atoms. The molecule has 0 aromatic heterocycles. The van der Waals surface area contributed by atoms with Crippen LogP contribution in [0.25, 0.3) is 0 Å². The normalized spacial score (nSPS) is 22.6. The van der Waals surface area contributed by atoms with Crippen LogP contribution in [0, 0.1) is 11.8 Å². The Morgan fingerprint density at radius 1 is 1.00 bits per heavy atom. The van der Waals surface area contributed by atoms with Crippen LogP contribution < -0.4 is 21.1 Å². The molecule has 2 aliphatic carbocycles. The molecule has 0 heterocycles. The number of nitrogen functional groups attached to an aromatic ring is 1. The molecule has 7 heteroatoms. The zero-order valence-electron chi connectivity index (χ0n) is 15.8. The number of carbonyl (C=O) groups is 2. The minimum Gasteiger partial charge on any atom is -0.497 e. The number of nitrogens with one attached hydrogen (secondary N) is 2. The molecule has 1 aromatic carbocycles. The van der Waals surface area contributed by atoms with Gasteiger partial charge in [-0.2, -0.15) is 0 Å². The highest BCUT2D eigenvalue weighted by atomic mass is 35.5. The molecule has 0 bridgehead atoms. The van der Waals surface area contributed by atoms with Gasteiger partial charge in [0.1, 0.15) is 5.75 Å². The second-order valence-corrected chi connectivity index (χ2v) is 7.48. The van der Waals surface area contributed by atoms with Gasteiger partial charge in [0.05, 0.1) is 18.5 Å². The largest absolute Gasteiger partial charge is 0.497 e. The van der Waals surface area contributed by atoms with Crippen molar-refractivity contribution in [2.24, 2.45) is 11.8 Å². The molecule has 0 saturated heterocycles. The second-order valence-electron chi connectivity index (χ2n) is 7.48. The fourth-order valence-corrected chi connectivity index (χ4v) is 4.01. The number of halogens is 1. The van der Waals surface area contributed by atoms with Crippen LogP contribution in [0.4, 0.5) is 11.4 Å². The van der Waals surface area contributed by atoms with Gasteiger partial charge in [-0.15, -0.1) is 12.4 Å². The number of benzene rings is 1. The number of amides is 2. The van der Waals surface area contributed by atoms with Gasteiger partial charge in [0.15, 0.2) is 0 Å². The van der Waals surface area contributed by atoms with Gasteiger partial charge in [0.25, 0.3) is 0 Å². The van der Waals surface area contributed by atoms with Crippen molar-refractivity contribution in [3.8, 4) is 5.75 Å². The molecule has 27 heavy (non-hydrogen) atoms. The molecule has 0 unspecified atom stereocenters. The van der Waals surface area contributed by atoms with Crippen LogP contribution >= 0.6 is 12.4 Å². The number of rotatable bonds is 5. The lowest BCUT2D eigenvalue weighted by Gasteiger charge is -2.29. The maximum absolute atomic E-state index is 12.6. The van der Waals surface area contributed by atoms with Gasteiger partial charge in [-0.05, 0) is 50.7 Å². The van der Waals surface area contributed by atoms with Crippen LogP contribution in [0.15, 0.2) is 18.2 Å². The number of methoxy groups -OCH3 is 1. The molecule has 0 atom stereocenters. The van der Waals surface area contributed by atoms with Crippen LogP contribution in [-0.4, -0.2) is 25.0 Å². The predicted octanol–water partition coefficient (Wildman–Crippen LogP) is 3.50. The highest BCUT2D eigenvalue weighted by molar-refractivity contribution is 5.95. The Morgan fingerprint density at radius 3 is 2.26 bits per heavy atom. The highest BCUT2D eigenvalue weighted by Gasteiger charge is 2.30. The molecule has 0 radical (unpaired) electrons. The molecule has 3 rings (SSSR count). The average molecular weight is 396 g/mol. The summed E-state index contributed by atoms with van der Waals surface area (Å²) in [5, 5.41) is 6.11. The first-order valence-corrected chi connectivity index (χ1v) is 9.61. The molecule has 2 saturated carbocycles. The maximum Gasteiger partial charge on any atom is 0.227 e. The first-order valence-electron chi connectivity index (χ1n) is 9.61. The fraction of sp³-hybridized carbons (Fsp3) is 0.600. The van der Waals surface area contributed by atoms with Crippen molar-refractivity contribution < 1.29 is 14.3 Å². The smallest absolute Gasteiger partial charge is 0.227 e. The van der Waals surface area contributed by atoms with Crippen LogP contribution in [0.3, 0.4) is 0 Å². The molecule has 2 fully saturated rings. The summed E-state index contributed by atoms with van der Waals surface area (Å²) >= 11 is 0. The Hall–Kier alpha value is -1.95. The van der Waals surface area contributed by atoms with E-state index in [0.717, 1.165) is 38.5 Å². The Bertz CT molecular complexity index is 654. The van der Waals surface area contributed by atoms with Crippen molar-refractivity contribution in [2.75, 3.05) is 18.2 Å². The van der Waals surface area contributed by atoms with Gasteiger partial charge in [-0.25, -0.2) is 0 Å². The summed E-state index contributed by atoms with van der Waals surface area (Å²) in [4.78, 5) is 24.8. The van der Waals surface area contributed by atoms with Crippen molar-refractivity contribution in [1.29, 1.82) is 0 Å². The van der Waals surface area contributed by atoms with Gasteiger partial charge in [-0.3, -0.25) is 9.59 Å². The minimum atomic E-state index is -0.0415. The quantitative estimate of drug-likeness (QED) is 0.665. The number of nitrogens with two attached hydrogens (primary N) is 1. The van der Waals surface area contributed by atoms with E-state index in [2.05, 4.69) is 10.6 Å².